The zero-order chi connectivity index (χ0) is 12.7. The third-order valence-electron chi connectivity index (χ3n) is 3.77. The highest BCUT2D eigenvalue weighted by atomic mass is 19.1. The maximum absolute atomic E-state index is 13.2. The van der Waals surface area contributed by atoms with Crippen molar-refractivity contribution in [2.45, 2.75) is 45.1 Å². The van der Waals surface area contributed by atoms with E-state index < -0.39 is 0 Å². The van der Waals surface area contributed by atoms with Gasteiger partial charge in [0, 0.05) is 5.54 Å². The number of nitrogens with one attached hydrogen (secondary N) is 1. The van der Waals surface area contributed by atoms with E-state index in [4.69, 9.17) is 0 Å². The van der Waals surface area contributed by atoms with Gasteiger partial charge in [0.25, 0.3) is 0 Å². The predicted octanol–water partition coefficient (Wildman–Crippen LogP) is 3.49. The van der Waals surface area contributed by atoms with Gasteiger partial charge in [-0.25, -0.2) is 4.39 Å². The van der Waals surface area contributed by atoms with Gasteiger partial charge in [0.15, 0.2) is 0 Å². The summed E-state index contributed by atoms with van der Waals surface area (Å²) in [6, 6.07) is 7.04. The summed E-state index contributed by atoms with van der Waals surface area (Å²) in [6.45, 7) is 9.77. The summed E-state index contributed by atoms with van der Waals surface area (Å²) < 4.78 is 13.2. The van der Waals surface area contributed by atoms with Crippen LogP contribution in [0, 0.1) is 11.7 Å². The molecule has 0 heterocycles. The van der Waals surface area contributed by atoms with Crippen LogP contribution in [-0.2, 0) is 5.41 Å². The molecule has 0 spiro atoms. The van der Waals surface area contributed by atoms with Gasteiger partial charge in [0.05, 0.1) is 0 Å². The summed E-state index contributed by atoms with van der Waals surface area (Å²) in [4.78, 5) is 0. The maximum atomic E-state index is 13.2. The van der Waals surface area contributed by atoms with Crippen LogP contribution in [0.4, 0.5) is 4.39 Å². The van der Waals surface area contributed by atoms with Crippen LogP contribution >= 0.6 is 0 Å². The molecule has 0 saturated heterocycles. The quantitative estimate of drug-likeness (QED) is 0.845. The van der Waals surface area contributed by atoms with Crippen LogP contribution in [0.15, 0.2) is 24.3 Å². The molecule has 0 aliphatic heterocycles. The molecule has 1 saturated carbocycles. The lowest BCUT2D eigenvalue weighted by molar-refractivity contribution is 0.406. The summed E-state index contributed by atoms with van der Waals surface area (Å²) >= 11 is 0. The molecule has 17 heavy (non-hydrogen) atoms. The minimum Gasteiger partial charge on any atom is -0.312 e. The minimum atomic E-state index is -0.127. The van der Waals surface area contributed by atoms with Crippen LogP contribution < -0.4 is 5.32 Å². The Morgan fingerprint density at radius 2 is 2.12 bits per heavy atom. The maximum Gasteiger partial charge on any atom is 0.123 e. The van der Waals surface area contributed by atoms with E-state index in [1.807, 2.05) is 12.1 Å². The molecule has 94 valence electrons. The number of hydrogen-bond acceptors (Lipinski definition) is 1. The van der Waals surface area contributed by atoms with Crippen molar-refractivity contribution in [2.75, 3.05) is 6.54 Å². The molecule has 1 nitrogen and oxygen atoms in total. The van der Waals surface area contributed by atoms with Gasteiger partial charge >= 0.3 is 0 Å². The number of hydrogen-bond donors (Lipinski definition) is 1. The van der Waals surface area contributed by atoms with Crippen LogP contribution in [0.25, 0.3) is 0 Å². The van der Waals surface area contributed by atoms with E-state index >= 15 is 0 Å². The second-order valence-corrected chi connectivity index (χ2v) is 6.46. The van der Waals surface area contributed by atoms with Gasteiger partial charge in [0.2, 0.25) is 0 Å². The molecule has 1 aromatic rings. The summed E-state index contributed by atoms with van der Waals surface area (Å²) in [5.74, 6) is 0.502. The molecule has 0 radical (unpaired) electrons. The van der Waals surface area contributed by atoms with Crippen molar-refractivity contribution in [2.24, 2.45) is 5.92 Å². The molecular weight excluding hydrogens is 213 g/mol. The normalized spacial score (nSPS) is 28.2. The molecule has 1 N–H and O–H groups in total. The van der Waals surface area contributed by atoms with Crippen molar-refractivity contribution in [1.29, 1.82) is 0 Å². The monoisotopic (exact) mass is 235 g/mol. The summed E-state index contributed by atoms with van der Waals surface area (Å²) in [5.41, 5.74) is 1.46. The van der Waals surface area contributed by atoms with E-state index in [2.05, 4.69) is 33.0 Å². The zero-order valence-electron chi connectivity index (χ0n) is 11.2. The molecule has 0 amide bonds. The Labute approximate surface area is 103 Å². The largest absolute Gasteiger partial charge is 0.312 e. The van der Waals surface area contributed by atoms with Gasteiger partial charge in [-0.05, 0) is 62.8 Å². The molecule has 1 aliphatic rings. The fourth-order valence-electron chi connectivity index (χ4n) is 2.38. The van der Waals surface area contributed by atoms with E-state index in [1.54, 1.807) is 6.07 Å². The van der Waals surface area contributed by atoms with E-state index in [0.717, 1.165) is 18.5 Å². The zero-order valence-corrected chi connectivity index (χ0v) is 11.2. The van der Waals surface area contributed by atoms with E-state index in [1.165, 1.54) is 6.07 Å². The van der Waals surface area contributed by atoms with Crippen molar-refractivity contribution in [3.8, 4) is 0 Å². The molecular formula is C15H22FN. The standard InChI is InChI=1S/C15H22FN/c1-14(2,3)17-10-12-9-15(12,4)11-6-5-7-13(16)8-11/h5-8,12,17H,9-10H2,1-4H3. The topological polar surface area (TPSA) is 12.0 Å². The van der Waals surface area contributed by atoms with Crippen LogP contribution in [0.5, 0.6) is 0 Å². The second-order valence-electron chi connectivity index (χ2n) is 6.46. The van der Waals surface area contributed by atoms with E-state index in [0.29, 0.717) is 5.92 Å². The fourth-order valence-corrected chi connectivity index (χ4v) is 2.38. The van der Waals surface area contributed by atoms with Crippen molar-refractivity contribution in [3.05, 3.63) is 35.6 Å². The summed E-state index contributed by atoms with van der Waals surface area (Å²) in [5, 5.41) is 3.53. The molecule has 2 atom stereocenters. The van der Waals surface area contributed by atoms with Crippen molar-refractivity contribution in [1.82, 2.24) is 5.32 Å². The highest BCUT2D eigenvalue weighted by Gasteiger charge is 2.50. The minimum absolute atomic E-state index is 0.127. The molecule has 2 heteroatoms. The Bertz CT molecular complexity index is 408. The molecule has 1 aliphatic carbocycles. The molecule has 0 bridgehead atoms. The van der Waals surface area contributed by atoms with Gasteiger partial charge in [-0.15, -0.1) is 0 Å². The smallest absolute Gasteiger partial charge is 0.123 e. The average molecular weight is 235 g/mol. The lowest BCUT2D eigenvalue weighted by Gasteiger charge is -2.21. The first-order valence-corrected chi connectivity index (χ1v) is 6.32. The first kappa shape index (κ1) is 12.6. The van der Waals surface area contributed by atoms with Crippen LogP contribution in [0.2, 0.25) is 0 Å². The Morgan fingerprint density at radius 1 is 1.41 bits per heavy atom. The Balaban J connectivity index is 2.00. The Kier molecular flexibility index (Phi) is 3.03. The molecule has 1 fully saturated rings. The highest BCUT2D eigenvalue weighted by Crippen LogP contribution is 2.53. The first-order valence-electron chi connectivity index (χ1n) is 6.32. The Hall–Kier alpha value is -0.890. The van der Waals surface area contributed by atoms with Gasteiger partial charge in [-0.2, -0.15) is 0 Å². The highest BCUT2D eigenvalue weighted by molar-refractivity contribution is 5.33. The van der Waals surface area contributed by atoms with Gasteiger partial charge in [-0.1, -0.05) is 19.1 Å². The SMILES string of the molecule is CC(C)(C)NCC1CC1(C)c1cccc(F)c1. The number of benzene rings is 1. The van der Waals surface area contributed by atoms with E-state index in [9.17, 15) is 4.39 Å². The second kappa shape index (κ2) is 4.09. The predicted molar refractivity (Wildman–Crippen MR) is 69.6 cm³/mol. The number of halogens is 1. The van der Waals surface area contributed by atoms with Crippen LogP contribution in [0.3, 0.4) is 0 Å². The lowest BCUT2D eigenvalue weighted by atomic mass is 9.95. The summed E-state index contributed by atoms with van der Waals surface area (Å²) in [6.07, 6.45) is 1.15. The van der Waals surface area contributed by atoms with Crippen molar-refractivity contribution >= 4 is 0 Å². The first-order chi connectivity index (χ1) is 7.81. The van der Waals surface area contributed by atoms with Crippen LogP contribution in [-0.4, -0.2) is 12.1 Å². The van der Waals surface area contributed by atoms with Crippen LogP contribution in [0.1, 0.15) is 39.7 Å². The summed E-state index contributed by atoms with van der Waals surface area (Å²) in [7, 11) is 0. The molecule has 2 rings (SSSR count). The molecule has 1 aromatic carbocycles. The van der Waals surface area contributed by atoms with Gasteiger partial charge in [-0.3, -0.25) is 0 Å². The van der Waals surface area contributed by atoms with E-state index in [-0.39, 0.29) is 16.8 Å². The Morgan fingerprint density at radius 3 is 2.71 bits per heavy atom. The third-order valence-corrected chi connectivity index (χ3v) is 3.77. The fraction of sp³-hybridized carbons (Fsp3) is 0.600. The molecule has 2 unspecified atom stereocenters. The van der Waals surface area contributed by atoms with Crippen molar-refractivity contribution < 1.29 is 4.39 Å². The third kappa shape index (κ3) is 2.86. The lowest BCUT2D eigenvalue weighted by Crippen LogP contribution is -2.37. The van der Waals surface area contributed by atoms with Gasteiger partial charge < -0.3 is 5.32 Å². The molecule has 0 aromatic heterocycles. The van der Waals surface area contributed by atoms with Crippen molar-refractivity contribution in [3.63, 3.8) is 0 Å². The number of rotatable bonds is 3. The average Bonchev–Trinajstić information content (AvgIpc) is 2.88. The van der Waals surface area contributed by atoms with Gasteiger partial charge in [0.1, 0.15) is 5.82 Å².